The lowest BCUT2D eigenvalue weighted by molar-refractivity contribution is -0.120. The van der Waals surface area contributed by atoms with Gasteiger partial charge < -0.3 is 5.32 Å². The fourth-order valence-electron chi connectivity index (χ4n) is 4.34. The summed E-state index contributed by atoms with van der Waals surface area (Å²) in [4.78, 5) is 40.7. The highest BCUT2D eigenvalue weighted by atomic mass is 16.2. The Hall–Kier alpha value is -4.12. The summed E-state index contributed by atoms with van der Waals surface area (Å²) in [5.41, 5.74) is 3.76. The number of nitriles is 1. The molecule has 0 saturated heterocycles. The Morgan fingerprint density at radius 1 is 1.22 bits per heavy atom. The number of aromatic nitrogens is 3. The summed E-state index contributed by atoms with van der Waals surface area (Å²) < 4.78 is 0. The van der Waals surface area contributed by atoms with Gasteiger partial charge in [-0.1, -0.05) is 30.3 Å². The normalized spacial score (nSPS) is 21.1. The van der Waals surface area contributed by atoms with Gasteiger partial charge in [-0.2, -0.15) is 5.26 Å². The first-order chi connectivity index (χ1) is 15.5. The van der Waals surface area contributed by atoms with Gasteiger partial charge in [-0.25, -0.2) is 15.0 Å². The van der Waals surface area contributed by atoms with Crippen LogP contribution in [-0.4, -0.2) is 39.9 Å². The second-order valence-corrected chi connectivity index (χ2v) is 8.19. The Kier molecular flexibility index (Phi) is 4.67. The average Bonchev–Trinajstić information content (AvgIpc) is 3.62. The molecule has 5 rings (SSSR count). The number of nitrogens with zero attached hydrogens (tertiary/aromatic N) is 5. The maximum absolute atomic E-state index is 13.2. The van der Waals surface area contributed by atoms with Crippen LogP contribution in [0.15, 0.2) is 48.8 Å². The molecule has 0 bridgehead atoms. The third-order valence-electron chi connectivity index (χ3n) is 6.11. The van der Waals surface area contributed by atoms with E-state index in [9.17, 15) is 14.9 Å². The number of anilines is 1. The number of fused-ring (bicyclic) bond motifs is 3. The molecule has 3 atom stereocenters. The maximum atomic E-state index is 13.2. The number of rotatable bonds is 3. The van der Waals surface area contributed by atoms with Crippen molar-refractivity contribution in [2.75, 3.05) is 11.9 Å². The van der Waals surface area contributed by atoms with Crippen molar-refractivity contribution in [1.82, 2.24) is 20.3 Å². The number of carbonyl (C=O) groups is 2. The van der Waals surface area contributed by atoms with Crippen LogP contribution in [0, 0.1) is 24.2 Å². The molecule has 0 radical (unpaired) electrons. The number of likely N-dealkylation sites (N-methyl/N-ethyl adjacent to an activating group) is 1. The number of nitrogens with one attached hydrogen (secondary N) is 1. The van der Waals surface area contributed by atoms with Gasteiger partial charge in [0, 0.05) is 25.0 Å². The van der Waals surface area contributed by atoms with Gasteiger partial charge >= 0.3 is 0 Å². The summed E-state index contributed by atoms with van der Waals surface area (Å²) >= 11 is 0. The topological polar surface area (TPSA) is 112 Å². The third-order valence-corrected chi connectivity index (χ3v) is 6.11. The third kappa shape index (κ3) is 3.28. The maximum Gasteiger partial charge on any atom is 0.289 e. The zero-order chi connectivity index (χ0) is 22.4. The number of benzene rings is 1. The predicted molar refractivity (Wildman–Crippen MR) is 117 cm³/mol. The van der Waals surface area contributed by atoms with Crippen LogP contribution >= 0.6 is 0 Å². The predicted octanol–water partition coefficient (Wildman–Crippen LogP) is 2.60. The lowest BCUT2D eigenvalue weighted by atomic mass is 10.1. The Morgan fingerprint density at radius 2 is 2.00 bits per heavy atom. The molecule has 1 fully saturated rings. The first kappa shape index (κ1) is 19.8. The molecule has 1 aliphatic carbocycles. The van der Waals surface area contributed by atoms with Gasteiger partial charge in [0.2, 0.25) is 5.82 Å². The quantitative estimate of drug-likeness (QED) is 0.692. The van der Waals surface area contributed by atoms with Gasteiger partial charge in [-0.15, -0.1) is 0 Å². The van der Waals surface area contributed by atoms with Crippen molar-refractivity contribution in [1.29, 1.82) is 5.26 Å². The summed E-state index contributed by atoms with van der Waals surface area (Å²) in [6, 6.07) is 12.8. The zero-order valence-corrected chi connectivity index (χ0v) is 17.6. The summed E-state index contributed by atoms with van der Waals surface area (Å²) in [5.74, 6) is -0.146. The number of hydrogen-bond acceptors (Lipinski definition) is 6. The molecule has 8 nitrogen and oxygen atoms in total. The van der Waals surface area contributed by atoms with E-state index in [0.717, 1.165) is 23.1 Å². The van der Waals surface area contributed by atoms with Crippen LogP contribution in [0.5, 0.6) is 0 Å². The summed E-state index contributed by atoms with van der Waals surface area (Å²) in [6.07, 6.45) is 3.83. The summed E-state index contributed by atoms with van der Waals surface area (Å²) in [6.45, 7) is 1.89. The molecular weight excluding hydrogens is 404 g/mol. The lowest BCUT2D eigenvalue weighted by Gasteiger charge is -2.22. The van der Waals surface area contributed by atoms with E-state index in [4.69, 9.17) is 0 Å². The molecular formula is C24H20N6O2. The Labute approximate surface area is 185 Å². The molecule has 3 heterocycles. The zero-order valence-electron chi connectivity index (χ0n) is 17.6. The van der Waals surface area contributed by atoms with E-state index in [-0.39, 0.29) is 23.6 Å². The van der Waals surface area contributed by atoms with Gasteiger partial charge in [0.05, 0.1) is 11.3 Å². The Balaban J connectivity index is 1.42. The number of hydrogen-bond donors (Lipinski definition) is 1. The number of pyridine rings is 1. The monoisotopic (exact) mass is 424 g/mol. The van der Waals surface area contributed by atoms with Gasteiger partial charge in [0.1, 0.15) is 17.9 Å². The molecule has 2 aliphatic rings. The fraction of sp³-hybridized carbons (Fsp3) is 0.250. The molecule has 8 heteroatoms. The van der Waals surface area contributed by atoms with E-state index in [1.54, 1.807) is 19.3 Å². The van der Waals surface area contributed by atoms with Gasteiger partial charge in [-0.3, -0.25) is 14.5 Å². The van der Waals surface area contributed by atoms with Crippen molar-refractivity contribution >= 4 is 17.6 Å². The molecule has 158 valence electrons. The van der Waals surface area contributed by atoms with Crippen molar-refractivity contribution in [3.63, 3.8) is 0 Å². The van der Waals surface area contributed by atoms with E-state index < -0.39 is 11.9 Å². The van der Waals surface area contributed by atoms with Gasteiger partial charge in [-0.05, 0) is 42.4 Å². The van der Waals surface area contributed by atoms with Crippen molar-refractivity contribution < 1.29 is 9.59 Å². The molecule has 1 saturated carbocycles. The largest absolute Gasteiger partial charge is 0.337 e. The highest BCUT2D eigenvalue weighted by molar-refractivity contribution is 6.02. The number of amides is 2. The van der Waals surface area contributed by atoms with Crippen LogP contribution in [0.3, 0.4) is 0 Å². The first-order valence-corrected chi connectivity index (χ1v) is 10.4. The van der Waals surface area contributed by atoms with E-state index in [2.05, 4.69) is 26.3 Å². The molecule has 0 spiro atoms. The molecule has 32 heavy (non-hydrogen) atoms. The minimum Gasteiger partial charge on any atom is -0.337 e. The molecule has 1 aromatic carbocycles. The minimum absolute atomic E-state index is 0.0220. The summed E-state index contributed by atoms with van der Waals surface area (Å²) in [7, 11) is 1.64. The van der Waals surface area contributed by atoms with E-state index in [0.29, 0.717) is 17.1 Å². The minimum atomic E-state index is -0.706. The van der Waals surface area contributed by atoms with Crippen LogP contribution in [0.4, 0.5) is 5.82 Å². The van der Waals surface area contributed by atoms with Crippen LogP contribution in [0.1, 0.15) is 39.6 Å². The number of aryl methyl sites for hydroxylation is 1. The van der Waals surface area contributed by atoms with Crippen LogP contribution < -0.4 is 10.2 Å². The molecule has 1 N–H and O–H groups in total. The average molecular weight is 424 g/mol. The second-order valence-electron chi connectivity index (χ2n) is 8.19. The molecule has 2 aromatic heterocycles. The molecule has 1 aliphatic heterocycles. The SMILES string of the molecule is Cc1cnc(C(=O)NC2C(=O)N(C)c3ncc(C#N)cc3C3CC23)nc1-c1ccccc1. The van der Waals surface area contributed by atoms with Gasteiger partial charge in [0.25, 0.3) is 11.8 Å². The summed E-state index contributed by atoms with van der Waals surface area (Å²) in [5, 5.41) is 12.1. The van der Waals surface area contributed by atoms with Crippen molar-refractivity contribution in [3.8, 4) is 17.3 Å². The van der Waals surface area contributed by atoms with E-state index >= 15 is 0 Å². The standard InChI is InChI=1S/C24H20N6O2/c1-13-11-26-21(28-19(13)15-6-4-3-5-7-15)23(31)29-20-17-9-16(17)18-8-14(10-25)12-27-22(18)30(2)24(20)32/h3-8,11-12,16-17,20H,9H2,1-2H3,(H,29,31). The van der Waals surface area contributed by atoms with Crippen molar-refractivity contribution in [2.24, 2.45) is 5.92 Å². The Bertz CT molecular complexity index is 1280. The van der Waals surface area contributed by atoms with Crippen LogP contribution in [0.2, 0.25) is 0 Å². The van der Waals surface area contributed by atoms with Gasteiger partial charge in [0.15, 0.2) is 0 Å². The Morgan fingerprint density at radius 3 is 2.75 bits per heavy atom. The first-order valence-electron chi connectivity index (χ1n) is 10.4. The molecule has 3 aromatic rings. The highest BCUT2D eigenvalue weighted by Crippen LogP contribution is 2.54. The highest BCUT2D eigenvalue weighted by Gasteiger charge is 2.52. The van der Waals surface area contributed by atoms with Crippen molar-refractivity contribution in [2.45, 2.75) is 25.3 Å². The van der Waals surface area contributed by atoms with E-state index in [1.807, 2.05) is 37.3 Å². The van der Waals surface area contributed by atoms with Crippen LogP contribution in [-0.2, 0) is 4.79 Å². The smallest absolute Gasteiger partial charge is 0.289 e. The van der Waals surface area contributed by atoms with Crippen molar-refractivity contribution in [3.05, 3.63) is 71.3 Å². The lowest BCUT2D eigenvalue weighted by Crippen LogP contribution is -2.49. The fourth-order valence-corrected chi connectivity index (χ4v) is 4.34. The second kappa shape index (κ2) is 7.54. The number of carbonyl (C=O) groups excluding carboxylic acids is 2. The van der Waals surface area contributed by atoms with E-state index in [1.165, 1.54) is 11.1 Å². The molecule has 3 unspecified atom stereocenters. The molecule has 2 amide bonds. The van der Waals surface area contributed by atoms with Crippen LogP contribution in [0.25, 0.3) is 11.3 Å².